The molecule has 0 radical (unpaired) electrons. The molecule has 3 aliphatic rings. The zero-order valence-electron chi connectivity index (χ0n) is 36.4. The van der Waals surface area contributed by atoms with Crippen molar-refractivity contribution in [2.24, 2.45) is 11.8 Å². The fourth-order valence-corrected chi connectivity index (χ4v) is 9.42. The number of aromatic nitrogens is 4. The smallest absolute Gasteiger partial charge is 0.407 e. The number of ether oxygens (including phenoxy) is 3. The van der Waals surface area contributed by atoms with E-state index in [0.717, 1.165) is 93.8 Å². The second kappa shape index (κ2) is 17.5. The number of amides is 4. The summed E-state index contributed by atoms with van der Waals surface area (Å²) in [6, 6.07) is 15.0. The first-order valence-electron chi connectivity index (χ1n) is 21.7. The summed E-state index contributed by atoms with van der Waals surface area (Å²) >= 11 is 0. The van der Waals surface area contributed by atoms with Crippen molar-refractivity contribution in [3.05, 3.63) is 83.7 Å². The van der Waals surface area contributed by atoms with E-state index in [9.17, 15) is 19.2 Å². The molecule has 62 heavy (non-hydrogen) atoms. The van der Waals surface area contributed by atoms with Crippen LogP contribution in [0.3, 0.4) is 0 Å². The largest absolute Gasteiger partial charge is 0.457 e. The predicted molar refractivity (Wildman–Crippen MR) is 233 cm³/mol. The van der Waals surface area contributed by atoms with E-state index in [0.29, 0.717) is 18.9 Å². The summed E-state index contributed by atoms with van der Waals surface area (Å²) in [5.41, 5.74) is 5.86. The Morgan fingerprint density at radius 1 is 0.742 bits per heavy atom. The van der Waals surface area contributed by atoms with Crippen LogP contribution in [0.4, 0.5) is 9.59 Å². The maximum absolute atomic E-state index is 13.7. The van der Waals surface area contributed by atoms with Crippen molar-refractivity contribution in [2.75, 3.05) is 27.3 Å². The number of fused-ring (bicyclic) bond motifs is 4. The van der Waals surface area contributed by atoms with Crippen LogP contribution in [0.5, 0.6) is 11.5 Å². The molecule has 326 valence electrons. The quantitative estimate of drug-likeness (QED) is 0.101. The third-order valence-corrected chi connectivity index (χ3v) is 12.7. The Hall–Kier alpha value is -6.38. The first-order valence-corrected chi connectivity index (χ1v) is 21.7. The SMILES string of the molecule is CC[C@H]1c2ccc(-c3cnc([C@@H]4CCCN4C(=O)[C@@H](NC(=O)OC)C(C)C)[nH]3)cc2Oc2ccc3cc(-c4cnc([C@@H]5CCCN5C(=O)[C@@H](NC(=O)OC)C(C)C)[nH]4)ccc3c21. The molecule has 3 aliphatic heterocycles. The van der Waals surface area contributed by atoms with Gasteiger partial charge >= 0.3 is 12.2 Å². The lowest BCUT2D eigenvalue weighted by Gasteiger charge is -2.30. The van der Waals surface area contributed by atoms with Crippen molar-refractivity contribution in [2.45, 2.75) is 96.8 Å². The van der Waals surface area contributed by atoms with Crippen LogP contribution >= 0.6 is 0 Å². The molecule has 0 saturated carbocycles. The number of imidazole rings is 2. The second-order valence-corrected chi connectivity index (χ2v) is 17.2. The molecule has 4 amide bonds. The van der Waals surface area contributed by atoms with Gasteiger partial charge in [-0.05, 0) is 72.9 Å². The third kappa shape index (κ3) is 7.95. The number of H-pyrrole nitrogens is 2. The highest BCUT2D eigenvalue weighted by Crippen LogP contribution is 2.50. The lowest BCUT2D eigenvalue weighted by atomic mass is 9.82. The average molecular weight is 845 g/mol. The minimum atomic E-state index is -0.704. The van der Waals surface area contributed by atoms with Gasteiger partial charge in [0.05, 0.1) is 50.1 Å². The van der Waals surface area contributed by atoms with Gasteiger partial charge in [0, 0.05) is 41.3 Å². The number of likely N-dealkylation sites (tertiary alicyclic amines) is 2. The average Bonchev–Trinajstić information content (AvgIpc) is 4.12. The van der Waals surface area contributed by atoms with Crippen molar-refractivity contribution in [1.29, 1.82) is 0 Å². The van der Waals surface area contributed by atoms with Crippen LogP contribution in [-0.2, 0) is 19.1 Å². The number of methoxy groups -OCH3 is 2. The molecule has 3 aromatic carbocycles. The Kier molecular flexibility index (Phi) is 12.0. The van der Waals surface area contributed by atoms with E-state index in [-0.39, 0.29) is 41.7 Å². The Labute approximate surface area is 361 Å². The van der Waals surface area contributed by atoms with Crippen molar-refractivity contribution < 1.29 is 33.4 Å². The number of carbonyl (C=O) groups is 4. The van der Waals surface area contributed by atoms with Gasteiger partial charge in [0.25, 0.3) is 0 Å². The first-order chi connectivity index (χ1) is 29.9. The molecule has 5 atom stereocenters. The Bertz CT molecular complexity index is 2490. The van der Waals surface area contributed by atoms with Crippen LogP contribution in [0.15, 0.2) is 60.9 Å². The van der Waals surface area contributed by atoms with Gasteiger partial charge < -0.3 is 44.6 Å². The van der Waals surface area contributed by atoms with E-state index in [2.05, 4.69) is 70.0 Å². The van der Waals surface area contributed by atoms with Gasteiger partial charge in [0.2, 0.25) is 11.8 Å². The fourth-order valence-electron chi connectivity index (χ4n) is 9.42. The van der Waals surface area contributed by atoms with Gasteiger partial charge in [-0.25, -0.2) is 19.6 Å². The number of hydrogen-bond donors (Lipinski definition) is 4. The lowest BCUT2D eigenvalue weighted by Crippen LogP contribution is -2.51. The van der Waals surface area contributed by atoms with Crippen molar-refractivity contribution in [3.63, 3.8) is 0 Å². The number of alkyl carbamates (subject to hydrolysis) is 2. The maximum atomic E-state index is 13.7. The molecule has 5 heterocycles. The molecular formula is C47H56N8O7. The van der Waals surface area contributed by atoms with Gasteiger partial charge in [-0.15, -0.1) is 0 Å². The molecule has 5 aromatic rings. The number of hydrogen-bond acceptors (Lipinski definition) is 9. The standard InChI is InChI=1S/C47H56N8O7/c1-8-30-32-17-14-29(34-24-49-43(51-34)36-12-10-20-55(36)45(57)41(26(4)5)53-47(59)61-7)22-38(32)62-37-18-15-27-21-28(13-16-31(27)39(30)37)33-23-48-42(50-33)35-11-9-19-54(35)44(56)40(25(2)3)52-46(58)60-6/h13-18,21-26,30,35-36,40-41H,8-12,19-20H2,1-7H3,(H,48,50)(H,49,51)(H,52,58)(H,53,59)/t30-,35-,36-,40-,41-/m0/s1. The number of nitrogens with zero attached hydrogens (tertiary/aromatic N) is 4. The van der Waals surface area contributed by atoms with Crippen molar-refractivity contribution in [3.8, 4) is 34.0 Å². The number of benzene rings is 3. The minimum Gasteiger partial charge on any atom is -0.457 e. The summed E-state index contributed by atoms with van der Waals surface area (Å²) in [5.74, 6) is 2.63. The minimum absolute atomic E-state index is 0.105. The van der Waals surface area contributed by atoms with Crippen LogP contribution in [0.2, 0.25) is 0 Å². The summed E-state index contributed by atoms with van der Waals surface area (Å²) in [6.07, 6.45) is 6.47. The summed E-state index contributed by atoms with van der Waals surface area (Å²) < 4.78 is 16.3. The molecule has 2 fully saturated rings. The Balaban J connectivity index is 1.00. The van der Waals surface area contributed by atoms with Gasteiger partial charge in [-0.2, -0.15) is 0 Å². The topological polar surface area (TPSA) is 184 Å². The monoisotopic (exact) mass is 844 g/mol. The Morgan fingerprint density at radius 2 is 1.27 bits per heavy atom. The van der Waals surface area contributed by atoms with E-state index in [1.54, 1.807) is 0 Å². The molecular weight excluding hydrogens is 789 g/mol. The molecule has 8 rings (SSSR count). The zero-order valence-corrected chi connectivity index (χ0v) is 36.4. The molecule has 2 aromatic heterocycles. The third-order valence-electron chi connectivity index (χ3n) is 12.7. The summed E-state index contributed by atoms with van der Waals surface area (Å²) in [6.45, 7) is 11.0. The summed E-state index contributed by atoms with van der Waals surface area (Å²) in [7, 11) is 2.59. The normalized spacial score (nSPS) is 19.2. The van der Waals surface area contributed by atoms with Crippen LogP contribution in [0.1, 0.15) is 108 Å². The molecule has 0 spiro atoms. The van der Waals surface area contributed by atoms with E-state index in [1.807, 2.05) is 56.0 Å². The van der Waals surface area contributed by atoms with Gasteiger partial charge in [0.1, 0.15) is 35.2 Å². The van der Waals surface area contributed by atoms with Crippen LogP contribution in [0, 0.1) is 11.8 Å². The fraction of sp³-hybridized carbons (Fsp3) is 0.447. The molecule has 0 aliphatic carbocycles. The summed E-state index contributed by atoms with van der Waals surface area (Å²) in [5, 5.41) is 7.62. The maximum Gasteiger partial charge on any atom is 0.407 e. The van der Waals surface area contributed by atoms with Gasteiger partial charge in [-0.1, -0.05) is 65.0 Å². The second-order valence-electron chi connectivity index (χ2n) is 17.2. The number of aromatic amines is 2. The first kappa shape index (κ1) is 42.3. The summed E-state index contributed by atoms with van der Waals surface area (Å²) in [4.78, 5) is 71.6. The highest BCUT2D eigenvalue weighted by atomic mass is 16.5. The van der Waals surface area contributed by atoms with Crippen LogP contribution < -0.4 is 15.4 Å². The molecule has 0 bridgehead atoms. The number of rotatable bonds is 11. The Morgan fingerprint density at radius 3 is 1.79 bits per heavy atom. The number of carbonyl (C=O) groups excluding carboxylic acids is 4. The number of nitrogens with one attached hydrogen (secondary N) is 4. The van der Waals surface area contributed by atoms with E-state index in [1.165, 1.54) is 14.2 Å². The molecule has 0 unspecified atom stereocenters. The van der Waals surface area contributed by atoms with Crippen molar-refractivity contribution >= 4 is 34.8 Å². The highest BCUT2D eigenvalue weighted by molar-refractivity contribution is 5.93. The van der Waals surface area contributed by atoms with E-state index >= 15 is 0 Å². The van der Waals surface area contributed by atoms with Crippen LogP contribution in [0.25, 0.3) is 33.3 Å². The van der Waals surface area contributed by atoms with E-state index in [4.69, 9.17) is 24.2 Å². The van der Waals surface area contributed by atoms with Gasteiger partial charge in [0.15, 0.2) is 0 Å². The molecule has 15 heteroatoms. The highest BCUT2D eigenvalue weighted by Gasteiger charge is 2.39. The van der Waals surface area contributed by atoms with Crippen LogP contribution in [-0.4, -0.2) is 93.1 Å². The predicted octanol–water partition coefficient (Wildman–Crippen LogP) is 8.36. The van der Waals surface area contributed by atoms with Crippen molar-refractivity contribution in [1.82, 2.24) is 40.4 Å². The van der Waals surface area contributed by atoms with Gasteiger partial charge in [-0.3, -0.25) is 9.59 Å². The lowest BCUT2D eigenvalue weighted by molar-refractivity contribution is -0.136. The van der Waals surface area contributed by atoms with E-state index < -0.39 is 24.3 Å². The molecule has 2 saturated heterocycles. The molecule has 4 N–H and O–H groups in total. The molecule has 15 nitrogen and oxygen atoms in total. The zero-order chi connectivity index (χ0) is 43.8.